The highest BCUT2D eigenvalue weighted by molar-refractivity contribution is 6.16. The lowest BCUT2D eigenvalue weighted by molar-refractivity contribution is 0.591. The van der Waals surface area contributed by atoms with Crippen molar-refractivity contribution in [3.63, 3.8) is 0 Å². The minimum absolute atomic E-state index is 0.0200. The summed E-state index contributed by atoms with van der Waals surface area (Å²) in [5, 5.41) is 2.42. The Morgan fingerprint density at radius 2 is 1.11 bits per heavy atom. The van der Waals surface area contributed by atoms with Crippen LogP contribution in [0.25, 0.3) is 67.4 Å². The van der Waals surface area contributed by atoms with E-state index in [0.717, 1.165) is 22.2 Å². The maximum atomic E-state index is 5.03. The molecule has 0 aliphatic rings. The summed E-state index contributed by atoms with van der Waals surface area (Å²) in [6.07, 6.45) is 3.51. The van der Waals surface area contributed by atoms with Crippen LogP contribution in [-0.2, 0) is 10.8 Å². The first-order chi connectivity index (χ1) is 21.6. The van der Waals surface area contributed by atoms with Crippen LogP contribution in [-0.4, -0.2) is 29.9 Å². The van der Waals surface area contributed by atoms with Crippen LogP contribution >= 0.6 is 0 Å². The van der Waals surface area contributed by atoms with Crippen LogP contribution in [0.2, 0.25) is 0 Å². The predicted molar refractivity (Wildman–Crippen MR) is 184 cm³/mol. The van der Waals surface area contributed by atoms with Gasteiger partial charge in [0.1, 0.15) is 11.4 Å². The zero-order valence-corrected chi connectivity index (χ0v) is 26.6. The van der Waals surface area contributed by atoms with Gasteiger partial charge in [0.05, 0.1) is 0 Å². The van der Waals surface area contributed by atoms with Crippen LogP contribution in [0, 0.1) is 0 Å². The van der Waals surface area contributed by atoms with Gasteiger partial charge in [-0.15, -0.1) is 0 Å². The molecule has 6 nitrogen and oxygen atoms in total. The second kappa shape index (κ2) is 10.7. The van der Waals surface area contributed by atoms with E-state index in [1.165, 1.54) is 27.5 Å². The molecule has 222 valence electrons. The zero-order chi connectivity index (χ0) is 31.3. The molecular formula is C39H36N6. The number of rotatable bonds is 4. The molecule has 0 saturated heterocycles. The molecule has 0 atom stereocenters. The standard InChI is InChI=1S/C39H36N6/c1-38(2,3)24-17-19-29-27(23-24)34-30(42-29)20-18-28(39(4,5)6)33(34)25-13-7-8-14-26(25)35-43-36(31-15-9-11-21-40-31)45-37(44-35)32-16-10-12-22-41-32/h7-23,42H,1-6H3. The summed E-state index contributed by atoms with van der Waals surface area (Å²) >= 11 is 0. The van der Waals surface area contributed by atoms with Crippen molar-refractivity contribution in [2.24, 2.45) is 0 Å². The molecule has 3 aromatic carbocycles. The Kier molecular flexibility index (Phi) is 6.81. The van der Waals surface area contributed by atoms with Gasteiger partial charge in [-0.3, -0.25) is 9.97 Å². The topological polar surface area (TPSA) is 80.2 Å². The van der Waals surface area contributed by atoms with Crippen molar-refractivity contribution in [2.45, 2.75) is 52.4 Å². The molecule has 6 heteroatoms. The Balaban J connectivity index is 1.56. The number of H-pyrrole nitrogens is 1. The molecular weight excluding hydrogens is 552 g/mol. The summed E-state index contributed by atoms with van der Waals surface area (Å²) in [6, 6.07) is 31.2. The van der Waals surface area contributed by atoms with Crippen LogP contribution in [0.1, 0.15) is 52.7 Å². The summed E-state index contributed by atoms with van der Waals surface area (Å²) in [5.41, 5.74) is 9.22. The molecule has 0 radical (unpaired) electrons. The molecule has 45 heavy (non-hydrogen) atoms. The fourth-order valence-electron chi connectivity index (χ4n) is 5.97. The van der Waals surface area contributed by atoms with Gasteiger partial charge >= 0.3 is 0 Å². The third-order valence-corrected chi connectivity index (χ3v) is 8.30. The number of aromatic nitrogens is 6. The van der Waals surface area contributed by atoms with E-state index in [1.54, 1.807) is 12.4 Å². The van der Waals surface area contributed by atoms with Crippen molar-refractivity contribution in [2.75, 3.05) is 0 Å². The SMILES string of the molecule is CC(C)(C)c1ccc2[nH]c3ccc(C(C)(C)C)c(-c4ccccc4-c4nc(-c5ccccn5)nc(-c5ccccn5)n4)c3c2c1. The van der Waals surface area contributed by atoms with Crippen LogP contribution in [0.5, 0.6) is 0 Å². The van der Waals surface area contributed by atoms with Crippen LogP contribution in [0.3, 0.4) is 0 Å². The molecule has 4 heterocycles. The summed E-state index contributed by atoms with van der Waals surface area (Å²) in [4.78, 5) is 27.7. The van der Waals surface area contributed by atoms with Crippen LogP contribution < -0.4 is 0 Å². The lowest BCUT2D eigenvalue weighted by atomic mass is 9.79. The largest absolute Gasteiger partial charge is 0.354 e. The molecule has 0 spiro atoms. The lowest BCUT2D eigenvalue weighted by Crippen LogP contribution is -2.13. The number of fused-ring (bicyclic) bond motifs is 3. The van der Waals surface area contributed by atoms with Crippen molar-refractivity contribution >= 4 is 21.8 Å². The first-order valence-electron chi connectivity index (χ1n) is 15.4. The normalized spacial score (nSPS) is 12.2. The van der Waals surface area contributed by atoms with Gasteiger partial charge in [0.25, 0.3) is 0 Å². The van der Waals surface area contributed by atoms with Gasteiger partial charge in [-0.25, -0.2) is 15.0 Å². The maximum Gasteiger partial charge on any atom is 0.182 e. The van der Waals surface area contributed by atoms with E-state index in [4.69, 9.17) is 15.0 Å². The van der Waals surface area contributed by atoms with Crippen molar-refractivity contribution < 1.29 is 0 Å². The predicted octanol–water partition coefficient (Wildman–Crippen LogP) is 9.56. The number of hydrogen-bond donors (Lipinski definition) is 1. The molecule has 0 aliphatic carbocycles. The minimum atomic E-state index is -0.126. The second-order valence-electron chi connectivity index (χ2n) is 13.6. The molecule has 0 amide bonds. The highest BCUT2D eigenvalue weighted by atomic mass is 15.1. The minimum Gasteiger partial charge on any atom is -0.354 e. The molecule has 4 aromatic heterocycles. The van der Waals surface area contributed by atoms with Gasteiger partial charge in [0.2, 0.25) is 0 Å². The van der Waals surface area contributed by atoms with Gasteiger partial charge in [-0.2, -0.15) is 0 Å². The Labute approximate surface area is 263 Å². The molecule has 0 fully saturated rings. The van der Waals surface area contributed by atoms with Gasteiger partial charge in [-0.05, 0) is 75.5 Å². The Bertz CT molecular complexity index is 2110. The third-order valence-electron chi connectivity index (χ3n) is 8.30. The quantitative estimate of drug-likeness (QED) is 0.221. The van der Waals surface area contributed by atoms with Gasteiger partial charge in [0, 0.05) is 39.8 Å². The van der Waals surface area contributed by atoms with Crippen molar-refractivity contribution in [1.29, 1.82) is 0 Å². The van der Waals surface area contributed by atoms with E-state index in [-0.39, 0.29) is 10.8 Å². The Morgan fingerprint density at radius 3 is 1.69 bits per heavy atom. The summed E-state index contributed by atoms with van der Waals surface area (Å²) in [7, 11) is 0. The molecule has 1 N–H and O–H groups in total. The Hall–Kier alpha value is -5.23. The monoisotopic (exact) mass is 588 g/mol. The fourth-order valence-corrected chi connectivity index (χ4v) is 5.97. The molecule has 7 aromatic rings. The number of aromatic amines is 1. The highest BCUT2D eigenvalue weighted by Gasteiger charge is 2.26. The second-order valence-corrected chi connectivity index (χ2v) is 13.6. The zero-order valence-electron chi connectivity index (χ0n) is 26.6. The van der Waals surface area contributed by atoms with E-state index in [1.807, 2.05) is 42.5 Å². The summed E-state index contributed by atoms with van der Waals surface area (Å²) < 4.78 is 0. The smallest absolute Gasteiger partial charge is 0.182 e. The molecule has 0 aliphatic heterocycles. The summed E-state index contributed by atoms with van der Waals surface area (Å²) in [5.74, 6) is 1.59. The highest BCUT2D eigenvalue weighted by Crippen LogP contribution is 2.45. The van der Waals surface area contributed by atoms with Gasteiger partial charge in [0.15, 0.2) is 17.5 Å². The number of hydrogen-bond acceptors (Lipinski definition) is 5. The average Bonchev–Trinajstić information content (AvgIpc) is 3.42. The van der Waals surface area contributed by atoms with Crippen LogP contribution in [0.15, 0.2) is 103 Å². The number of benzene rings is 3. The molecule has 0 saturated carbocycles. The van der Waals surface area contributed by atoms with Crippen molar-refractivity contribution in [3.05, 3.63) is 115 Å². The molecule has 0 unspecified atom stereocenters. The van der Waals surface area contributed by atoms with E-state index in [9.17, 15) is 0 Å². The van der Waals surface area contributed by atoms with Gasteiger partial charge < -0.3 is 4.98 Å². The van der Waals surface area contributed by atoms with Crippen LogP contribution in [0.4, 0.5) is 0 Å². The average molecular weight is 589 g/mol. The third kappa shape index (κ3) is 5.27. The van der Waals surface area contributed by atoms with Crippen molar-refractivity contribution in [1.82, 2.24) is 29.9 Å². The fraction of sp³-hybridized carbons (Fsp3) is 0.205. The lowest BCUT2D eigenvalue weighted by Gasteiger charge is -2.25. The van der Waals surface area contributed by atoms with Crippen molar-refractivity contribution in [3.8, 4) is 45.6 Å². The first-order valence-corrected chi connectivity index (χ1v) is 15.4. The van der Waals surface area contributed by atoms with E-state index in [2.05, 4.69) is 105 Å². The van der Waals surface area contributed by atoms with E-state index >= 15 is 0 Å². The number of nitrogens with one attached hydrogen (secondary N) is 1. The Morgan fingerprint density at radius 1 is 0.533 bits per heavy atom. The molecule has 7 rings (SSSR count). The maximum absolute atomic E-state index is 5.03. The number of nitrogens with zero attached hydrogens (tertiary/aromatic N) is 5. The number of pyridine rings is 2. The van der Waals surface area contributed by atoms with E-state index < -0.39 is 0 Å². The first kappa shape index (κ1) is 28.5. The summed E-state index contributed by atoms with van der Waals surface area (Å²) in [6.45, 7) is 13.6. The molecule has 0 bridgehead atoms. The van der Waals surface area contributed by atoms with Gasteiger partial charge in [-0.1, -0.05) is 90.1 Å². The van der Waals surface area contributed by atoms with E-state index in [0.29, 0.717) is 28.9 Å².